The molecule has 0 aliphatic carbocycles. The minimum atomic E-state index is -0.611. The van der Waals surface area contributed by atoms with Crippen LogP contribution in [0.1, 0.15) is 9.67 Å². The van der Waals surface area contributed by atoms with E-state index in [1.807, 2.05) is 42.5 Å². The molecule has 2 heterocycles. The van der Waals surface area contributed by atoms with Crippen molar-refractivity contribution in [1.82, 2.24) is 14.9 Å². The number of hydrogen-bond acceptors (Lipinski definition) is 6. The summed E-state index contributed by atoms with van der Waals surface area (Å²) in [5.74, 6) is -0.109. The molecule has 0 saturated heterocycles. The Balaban J connectivity index is 1.94. The fourth-order valence-electron chi connectivity index (χ4n) is 3.11. The van der Waals surface area contributed by atoms with Crippen molar-refractivity contribution in [3.05, 3.63) is 59.5 Å². The zero-order valence-corrected chi connectivity index (χ0v) is 17.7. The van der Waals surface area contributed by atoms with Crippen molar-refractivity contribution in [3.63, 3.8) is 0 Å². The highest BCUT2D eigenvalue weighted by molar-refractivity contribution is 7.21. The number of nitrogens with one attached hydrogen (secondary N) is 1. The van der Waals surface area contributed by atoms with Gasteiger partial charge in [-0.3, -0.25) is 4.79 Å². The Morgan fingerprint density at radius 3 is 2.39 bits per heavy atom. The highest BCUT2D eigenvalue weighted by Crippen LogP contribution is 2.39. The van der Waals surface area contributed by atoms with E-state index in [4.69, 9.17) is 16.5 Å². The van der Waals surface area contributed by atoms with E-state index >= 15 is 0 Å². The smallest absolute Gasteiger partial charge is 0.321 e. The fraction of sp³-hybridized carbons (Fsp3) is 0.0909. The second-order valence-corrected chi connectivity index (χ2v) is 8.06. The van der Waals surface area contributed by atoms with E-state index in [-0.39, 0.29) is 16.6 Å². The number of nitrogen functional groups attached to an aromatic ring is 1. The van der Waals surface area contributed by atoms with Crippen LogP contribution in [0.2, 0.25) is 0 Å². The zero-order valence-electron chi connectivity index (χ0n) is 16.9. The van der Waals surface area contributed by atoms with E-state index in [1.165, 1.54) is 4.90 Å². The molecule has 156 valence electrons. The van der Waals surface area contributed by atoms with Crippen molar-refractivity contribution in [2.45, 2.75) is 0 Å². The maximum absolute atomic E-state index is 12.1. The van der Waals surface area contributed by atoms with Gasteiger partial charge in [0.05, 0.1) is 16.8 Å². The van der Waals surface area contributed by atoms with Crippen molar-refractivity contribution >= 4 is 44.9 Å². The largest absolute Gasteiger partial charge is 0.397 e. The Morgan fingerprint density at radius 1 is 1.00 bits per heavy atom. The lowest BCUT2D eigenvalue weighted by molar-refractivity contribution is 0.100. The van der Waals surface area contributed by atoms with Crippen molar-refractivity contribution in [1.29, 1.82) is 0 Å². The number of thiophene rings is 1. The van der Waals surface area contributed by atoms with Gasteiger partial charge in [-0.25, -0.2) is 14.8 Å². The van der Waals surface area contributed by atoms with Crippen LogP contribution in [0.4, 0.5) is 16.2 Å². The quantitative estimate of drug-likeness (QED) is 0.452. The molecular formula is C22H20N6O2S. The summed E-state index contributed by atoms with van der Waals surface area (Å²) < 4.78 is 0. The van der Waals surface area contributed by atoms with Gasteiger partial charge >= 0.3 is 6.03 Å². The molecule has 0 radical (unpaired) electrons. The molecule has 4 aromatic rings. The van der Waals surface area contributed by atoms with Gasteiger partial charge in [0, 0.05) is 30.9 Å². The molecule has 4 rings (SSSR count). The predicted octanol–water partition coefficient (Wildman–Crippen LogP) is 3.80. The summed E-state index contributed by atoms with van der Waals surface area (Å²) in [6.45, 7) is 0. The summed E-state index contributed by atoms with van der Waals surface area (Å²) in [6, 6.07) is 16.5. The lowest BCUT2D eigenvalue weighted by Gasteiger charge is -2.13. The standard InChI is InChI=1S/C22H20N6O2S/c1-28(2)22(30)25-14-10-6-9-13(11-14)17-15-16(23)18(19(24)29)31-21(15)27-20(26-17)12-7-4-3-5-8-12/h3-11H,23H2,1-2H3,(H2,24,29)(H,25,30). The van der Waals surface area contributed by atoms with Crippen LogP contribution in [0, 0.1) is 0 Å². The summed E-state index contributed by atoms with van der Waals surface area (Å²) in [5, 5.41) is 3.39. The molecule has 9 heteroatoms. The number of aromatic nitrogens is 2. The van der Waals surface area contributed by atoms with Gasteiger partial charge in [0.2, 0.25) is 0 Å². The molecule has 0 fully saturated rings. The SMILES string of the molecule is CN(C)C(=O)Nc1cccc(-c2nc(-c3ccccc3)nc3sc(C(N)=O)c(N)c23)c1. The van der Waals surface area contributed by atoms with Crippen LogP contribution in [0.25, 0.3) is 32.9 Å². The van der Waals surface area contributed by atoms with Crippen molar-refractivity contribution in [2.75, 3.05) is 25.1 Å². The van der Waals surface area contributed by atoms with Gasteiger partial charge in [0.1, 0.15) is 9.71 Å². The summed E-state index contributed by atoms with van der Waals surface area (Å²) in [7, 11) is 3.33. The molecule has 3 amide bonds. The highest BCUT2D eigenvalue weighted by atomic mass is 32.1. The summed E-state index contributed by atoms with van der Waals surface area (Å²) >= 11 is 1.14. The van der Waals surface area contributed by atoms with Crippen molar-refractivity contribution in [3.8, 4) is 22.6 Å². The summed E-state index contributed by atoms with van der Waals surface area (Å²) in [5.41, 5.74) is 14.8. The van der Waals surface area contributed by atoms with E-state index in [0.29, 0.717) is 27.4 Å². The van der Waals surface area contributed by atoms with E-state index in [9.17, 15) is 9.59 Å². The first-order valence-corrected chi connectivity index (χ1v) is 10.2. The molecule has 0 unspecified atom stereocenters. The van der Waals surface area contributed by atoms with E-state index in [0.717, 1.165) is 22.5 Å². The van der Waals surface area contributed by atoms with E-state index in [2.05, 4.69) is 10.3 Å². The number of rotatable bonds is 4. The van der Waals surface area contributed by atoms with Gasteiger partial charge in [-0.15, -0.1) is 11.3 Å². The minimum Gasteiger partial charge on any atom is -0.397 e. The third-order valence-electron chi connectivity index (χ3n) is 4.64. The second kappa shape index (κ2) is 8.04. The Labute approximate surface area is 182 Å². The van der Waals surface area contributed by atoms with Crippen LogP contribution >= 0.6 is 11.3 Å². The normalized spacial score (nSPS) is 10.8. The van der Waals surface area contributed by atoms with Gasteiger partial charge in [0.25, 0.3) is 5.91 Å². The number of amides is 3. The Kier molecular flexibility index (Phi) is 5.26. The lowest BCUT2D eigenvalue weighted by Crippen LogP contribution is -2.27. The molecule has 8 nitrogen and oxygen atoms in total. The number of fused-ring (bicyclic) bond motifs is 1. The summed E-state index contributed by atoms with van der Waals surface area (Å²) in [4.78, 5) is 35.6. The first-order chi connectivity index (χ1) is 14.8. The van der Waals surface area contributed by atoms with Gasteiger partial charge in [-0.2, -0.15) is 0 Å². The van der Waals surface area contributed by atoms with Crippen molar-refractivity contribution in [2.24, 2.45) is 5.73 Å². The number of primary amides is 1. The molecular weight excluding hydrogens is 412 g/mol. The minimum absolute atomic E-state index is 0.243. The first kappa shape index (κ1) is 20.3. The van der Waals surface area contributed by atoms with Gasteiger partial charge in [-0.05, 0) is 12.1 Å². The van der Waals surface area contributed by atoms with Crippen LogP contribution in [-0.2, 0) is 0 Å². The molecule has 2 aromatic heterocycles. The molecule has 0 saturated carbocycles. The Morgan fingerprint density at radius 2 is 1.71 bits per heavy atom. The van der Waals surface area contributed by atoms with Crippen LogP contribution in [0.15, 0.2) is 54.6 Å². The van der Waals surface area contributed by atoms with E-state index < -0.39 is 5.91 Å². The highest BCUT2D eigenvalue weighted by Gasteiger charge is 2.21. The maximum Gasteiger partial charge on any atom is 0.321 e. The van der Waals surface area contributed by atoms with Crippen LogP contribution in [-0.4, -0.2) is 40.9 Å². The van der Waals surface area contributed by atoms with Crippen LogP contribution < -0.4 is 16.8 Å². The van der Waals surface area contributed by atoms with Gasteiger partial charge in [-0.1, -0.05) is 42.5 Å². The molecule has 5 N–H and O–H groups in total. The number of nitrogens with zero attached hydrogens (tertiary/aromatic N) is 3. The molecule has 31 heavy (non-hydrogen) atoms. The lowest BCUT2D eigenvalue weighted by atomic mass is 10.1. The average Bonchev–Trinajstić information content (AvgIpc) is 3.10. The average molecular weight is 433 g/mol. The number of benzene rings is 2. The summed E-state index contributed by atoms with van der Waals surface area (Å²) in [6.07, 6.45) is 0. The number of anilines is 2. The molecule has 2 aromatic carbocycles. The Hall–Kier alpha value is -3.98. The molecule has 0 spiro atoms. The zero-order chi connectivity index (χ0) is 22.1. The second-order valence-electron chi connectivity index (χ2n) is 7.06. The topological polar surface area (TPSA) is 127 Å². The number of carbonyl (C=O) groups is 2. The van der Waals surface area contributed by atoms with Gasteiger partial charge in [0.15, 0.2) is 5.82 Å². The van der Waals surface area contributed by atoms with Crippen LogP contribution in [0.3, 0.4) is 0 Å². The number of nitrogens with two attached hydrogens (primary N) is 2. The maximum atomic E-state index is 12.1. The van der Waals surface area contributed by atoms with Crippen LogP contribution in [0.5, 0.6) is 0 Å². The number of carbonyl (C=O) groups excluding carboxylic acids is 2. The molecule has 0 atom stereocenters. The third-order valence-corrected chi connectivity index (χ3v) is 5.75. The number of hydrogen-bond donors (Lipinski definition) is 3. The predicted molar refractivity (Wildman–Crippen MR) is 124 cm³/mol. The molecule has 0 bridgehead atoms. The monoisotopic (exact) mass is 432 g/mol. The Bertz CT molecular complexity index is 1300. The number of urea groups is 1. The van der Waals surface area contributed by atoms with Crippen molar-refractivity contribution < 1.29 is 9.59 Å². The van der Waals surface area contributed by atoms with E-state index in [1.54, 1.807) is 26.2 Å². The first-order valence-electron chi connectivity index (χ1n) is 9.39. The fourth-order valence-corrected chi connectivity index (χ4v) is 4.06. The molecule has 0 aliphatic rings. The van der Waals surface area contributed by atoms with Gasteiger partial charge < -0.3 is 21.7 Å². The third kappa shape index (κ3) is 3.90. The molecule has 0 aliphatic heterocycles.